The summed E-state index contributed by atoms with van der Waals surface area (Å²) in [6, 6.07) is 0.572. The molecule has 3 nitrogen and oxygen atoms in total. The van der Waals surface area contributed by atoms with E-state index in [-0.39, 0.29) is 0 Å². The average Bonchev–Trinajstić information content (AvgIpc) is 2.94. The number of ether oxygens (including phenoxy) is 1. The summed E-state index contributed by atoms with van der Waals surface area (Å²) in [6.45, 7) is 7.46. The van der Waals surface area contributed by atoms with E-state index in [1.807, 2.05) is 0 Å². The van der Waals surface area contributed by atoms with Crippen LogP contribution in [0.4, 0.5) is 0 Å². The van der Waals surface area contributed by atoms with Gasteiger partial charge < -0.3 is 15.4 Å². The Morgan fingerprint density at radius 1 is 1.50 bits per heavy atom. The van der Waals surface area contributed by atoms with Crippen molar-refractivity contribution >= 4 is 0 Å². The highest BCUT2D eigenvalue weighted by atomic mass is 16.5. The molecule has 0 radical (unpaired) electrons. The van der Waals surface area contributed by atoms with Gasteiger partial charge >= 0.3 is 0 Å². The number of rotatable bonds is 5. The molecule has 1 aliphatic carbocycles. The van der Waals surface area contributed by atoms with Gasteiger partial charge in [0.05, 0.1) is 13.2 Å². The SMILES string of the molecule is CC1(CNCCC2COCCN2)CC1. The Morgan fingerprint density at radius 2 is 2.36 bits per heavy atom. The van der Waals surface area contributed by atoms with Gasteiger partial charge in [-0.05, 0) is 31.2 Å². The predicted molar refractivity (Wildman–Crippen MR) is 57.4 cm³/mol. The van der Waals surface area contributed by atoms with Gasteiger partial charge in [-0.2, -0.15) is 0 Å². The van der Waals surface area contributed by atoms with Crippen LogP contribution in [0.5, 0.6) is 0 Å². The van der Waals surface area contributed by atoms with Crippen LogP contribution in [0.2, 0.25) is 0 Å². The average molecular weight is 198 g/mol. The zero-order valence-electron chi connectivity index (χ0n) is 9.14. The van der Waals surface area contributed by atoms with Gasteiger partial charge in [0.15, 0.2) is 0 Å². The Labute approximate surface area is 86.6 Å². The second-order valence-corrected chi connectivity index (χ2v) is 5.00. The van der Waals surface area contributed by atoms with Crippen LogP contribution < -0.4 is 10.6 Å². The lowest BCUT2D eigenvalue weighted by atomic mass is 10.1. The molecule has 0 aromatic carbocycles. The minimum Gasteiger partial charge on any atom is -0.379 e. The monoisotopic (exact) mass is 198 g/mol. The number of morpholine rings is 1. The summed E-state index contributed by atoms with van der Waals surface area (Å²) < 4.78 is 5.40. The summed E-state index contributed by atoms with van der Waals surface area (Å²) in [6.07, 6.45) is 4.01. The van der Waals surface area contributed by atoms with Gasteiger partial charge in [0, 0.05) is 19.1 Å². The van der Waals surface area contributed by atoms with Gasteiger partial charge in [-0.25, -0.2) is 0 Å². The smallest absolute Gasteiger partial charge is 0.0620 e. The molecule has 1 saturated carbocycles. The Kier molecular flexibility index (Phi) is 3.42. The molecule has 2 rings (SSSR count). The molecular weight excluding hydrogens is 176 g/mol. The molecule has 3 heteroatoms. The quantitative estimate of drug-likeness (QED) is 0.640. The van der Waals surface area contributed by atoms with Gasteiger partial charge in [0.25, 0.3) is 0 Å². The molecule has 0 amide bonds. The molecule has 1 unspecified atom stereocenters. The Hall–Kier alpha value is -0.120. The number of nitrogens with one attached hydrogen (secondary N) is 2. The van der Waals surface area contributed by atoms with Crippen LogP contribution in [0.3, 0.4) is 0 Å². The van der Waals surface area contributed by atoms with Crippen LogP contribution in [-0.2, 0) is 4.74 Å². The van der Waals surface area contributed by atoms with Gasteiger partial charge in [-0.15, -0.1) is 0 Å². The summed E-state index contributed by atoms with van der Waals surface area (Å²) >= 11 is 0. The highest BCUT2D eigenvalue weighted by Crippen LogP contribution is 2.43. The maximum absolute atomic E-state index is 5.40. The predicted octanol–water partition coefficient (Wildman–Crippen LogP) is 0.755. The zero-order valence-corrected chi connectivity index (χ0v) is 9.14. The van der Waals surface area contributed by atoms with E-state index in [4.69, 9.17) is 4.74 Å². The third-order valence-electron chi connectivity index (χ3n) is 3.32. The maximum atomic E-state index is 5.40. The fourth-order valence-electron chi connectivity index (χ4n) is 1.86. The van der Waals surface area contributed by atoms with E-state index >= 15 is 0 Å². The van der Waals surface area contributed by atoms with Gasteiger partial charge in [-0.1, -0.05) is 6.92 Å². The third kappa shape index (κ3) is 3.23. The summed E-state index contributed by atoms with van der Waals surface area (Å²) in [7, 11) is 0. The molecule has 2 fully saturated rings. The van der Waals surface area contributed by atoms with E-state index < -0.39 is 0 Å². The van der Waals surface area contributed by atoms with E-state index in [0.29, 0.717) is 11.5 Å². The zero-order chi connectivity index (χ0) is 9.86. The first kappa shape index (κ1) is 10.4. The summed E-state index contributed by atoms with van der Waals surface area (Å²) in [4.78, 5) is 0. The molecule has 0 spiro atoms. The Bertz CT molecular complexity index is 174. The fraction of sp³-hybridized carbons (Fsp3) is 1.00. The molecule has 1 atom stereocenters. The highest BCUT2D eigenvalue weighted by molar-refractivity contribution is 4.90. The number of hydrogen-bond donors (Lipinski definition) is 2. The molecule has 2 N–H and O–H groups in total. The highest BCUT2D eigenvalue weighted by Gasteiger charge is 2.36. The van der Waals surface area contributed by atoms with Crippen LogP contribution in [0.25, 0.3) is 0 Å². The molecule has 82 valence electrons. The molecule has 14 heavy (non-hydrogen) atoms. The van der Waals surface area contributed by atoms with Crippen LogP contribution in [0.1, 0.15) is 26.2 Å². The second kappa shape index (κ2) is 4.60. The Morgan fingerprint density at radius 3 is 3.00 bits per heavy atom. The fourth-order valence-corrected chi connectivity index (χ4v) is 1.86. The molecule has 0 aromatic heterocycles. The van der Waals surface area contributed by atoms with Crippen LogP contribution >= 0.6 is 0 Å². The molecule has 0 bridgehead atoms. The molecule has 1 heterocycles. The summed E-state index contributed by atoms with van der Waals surface area (Å²) in [5, 5.41) is 7.01. The van der Waals surface area contributed by atoms with Crippen molar-refractivity contribution in [3.8, 4) is 0 Å². The molecule has 2 aliphatic rings. The van der Waals surface area contributed by atoms with Crippen molar-refractivity contribution in [2.24, 2.45) is 5.41 Å². The Balaban J connectivity index is 1.49. The van der Waals surface area contributed by atoms with Crippen molar-refractivity contribution in [1.29, 1.82) is 0 Å². The second-order valence-electron chi connectivity index (χ2n) is 5.00. The summed E-state index contributed by atoms with van der Waals surface area (Å²) in [5.74, 6) is 0. The van der Waals surface area contributed by atoms with Crippen molar-refractivity contribution in [3.05, 3.63) is 0 Å². The normalized spacial score (nSPS) is 30.2. The van der Waals surface area contributed by atoms with Crippen LogP contribution in [0, 0.1) is 5.41 Å². The minimum absolute atomic E-state index is 0.572. The molecule has 1 aliphatic heterocycles. The largest absolute Gasteiger partial charge is 0.379 e. The van der Waals surface area contributed by atoms with Crippen LogP contribution in [-0.4, -0.2) is 38.9 Å². The van der Waals surface area contributed by atoms with Gasteiger partial charge in [0.1, 0.15) is 0 Å². The molecular formula is C11H22N2O. The lowest BCUT2D eigenvalue weighted by Crippen LogP contribution is -2.43. The van der Waals surface area contributed by atoms with E-state index in [1.165, 1.54) is 25.8 Å². The first-order chi connectivity index (χ1) is 6.79. The molecule has 0 aromatic rings. The van der Waals surface area contributed by atoms with Crippen molar-refractivity contribution < 1.29 is 4.74 Å². The van der Waals surface area contributed by atoms with Crippen molar-refractivity contribution in [2.75, 3.05) is 32.8 Å². The third-order valence-corrected chi connectivity index (χ3v) is 3.32. The van der Waals surface area contributed by atoms with Crippen molar-refractivity contribution in [1.82, 2.24) is 10.6 Å². The lowest BCUT2D eigenvalue weighted by molar-refractivity contribution is 0.0742. The topological polar surface area (TPSA) is 33.3 Å². The van der Waals surface area contributed by atoms with E-state index in [9.17, 15) is 0 Å². The summed E-state index contributed by atoms with van der Waals surface area (Å²) in [5.41, 5.74) is 0.635. The molecule has 1 saturated heterocycles. The minimum atomic E-state index is 0.572. The maximum Gasteiger partial charge on any atom is 0.0620 e. The number of hydrogen-bond acceptors (Lipinski definition) is 3. The van der Waals surface area contributed by atoms with Gasteiger partial charge in [-0.3, -0.25) is 0 Å². The standard InChI is InChI=1S/C11H22N2O/c1-11(3-4-11)9-12-5-2-10-8-14-7-6-13-10/h10,12-13H,2-9H2,1H3. The first-order valence-corrected chi connectivity index (χ1v) is 5.80. The van der Waals surface area contributed by atoms with Crippen molar-refractivity contribution in [3.63, 3.8) is 0 Å². The lowest BCUT2D eigenvalue weighted by Gasteiger charge is -2.24. The van der Waals surface area contributed by atoms with Gasteiger partial charge in [0.2, 0.25) is 0 Å². The van der Waals surface area contributed by atoms with E-state index in [0.717, 1.165) is 26.3 Å². The first-order valence-electron chi connectivity index (χ1n) is 5.80. The van der Waals surface area contributed by atoms with Crippen LogP contribution in [0.15, 0.2) is 0 Å². The van der Waals surface area contributed by atoms with E-state index in [2.05, 4.69) is 17.6 Å². The van der Waals surface area contributed by atoms with E-state index in [1.54, 1.807) is 0 Å². The van der Waals surface area contributed by atoms with Crippen molar-refractivity contribution in [2.45, 2.75) is 32.2 Å².